The van der Waals surface area contributed by atoms with Crippen LogP contribution in [-0.2, 0) is 21.2 Å². The molecule has 1 aliphatic rings. The maximum Gasteiger partial charge on any atom is 0.264 e. The Hall–Kier alpha value is -2.91. The fraction of sp³-hybridized carbons (Fsp3) is 0.238. The lowest BCUT2D eigenvalue weighted by Gasteiger charge is -2.18. The van der Waals surface area contributed by atoms with E-state index < -0.39 is 10.0 Å². The van der Waals surface area contributed by atoms with Crippen LogP contribution in [0, 0.1) is 13.8 Å². The minimum Gasteiger partial charge on any atom is -0.483 e. The van der Waals surface area contributed by atoms with E-state index >= 15 is 0 Å². The molecule has 1 aliphatic heterocycles. The fourth-order valence-corrected chi connectivity index (χ4v) is 5.27. The van der Waals surface area contributed by atoms with Crippen molar-refractivity contribution >= 4 is 38.1 Å². The highest BCUT2D eigenvalue weighted by Gasteiger charge is 2.27. The maximum atomic E-state index is 12.7. The summed E-state index contributed by atoms with van der Waals surface area (Å²) in [5, 5.41) is 2.01. The van der Waals surface area contributed by atoms with E-state index in [4.69, 9.17) is 4.74 Å². The molecule has 1 amide bonds. The molecular formula is C21H21N3O4S2. The number of nitrogens with zero attached hydrogens (tertiary/aromatic N) is 2. The minimum absolute atomic E-state index is 0.0744. The first kappa shape index (κ1) is 20.4. The number of anilines is 2. The smallest absolute Gasteiger partial charge is 0.264 e. The molecule has 0 aliphatic carbocycles. The quantitative estimate of drug-likeness (QED) is 0.630. The van der Waals surface area contributed by atoms with Crippen molar-refractivity contribution in [2.24, 2.45) is 0 Å². The lowest BCUT2D eigenvalue weighted by Crippen LogP contribution is -2.33. The predicted octanol–water partition coefficient (Wildman–Crippen LogP) is 3.53. The molecule has 30 heavy (non-hydrogen) atoms. The molecule has 4 rings (SSSR count). The van der Waals surface area contributed by atoms with Gasteiger partial charge in [0.1, 0.15) is 5.75 Å². The number of ether oxygens (including phenoxy) is 1. The second-order valence-corrected chi connectivity index (χ2v) is 9.66. The number of hydrogen-bond acceptors (Lipinski definition) is 6. The van der Waals surface area contributed by atoms with E-state index in [0.29, 0.717) is 23.8 Å². The van der Waals surface area contributed by atoms with Gasteiger partial charge in [-0.25, -0.2) is 13.4 Å². The molecule has 7 nitrogen and oxygen atoms in total. The van der Waals surface area contributed by atoms with E-state index in [1.807, 2.05) is 32.0 Å². The van der Waals surface area contributed by atoms with E-state index in [2.05, 4.69) is 9.71 Å². The van der Waals surface area contributed by atoms with Crippen LogP contribution in [0.2, 0.25) is 0 Å². The Morgan fingerprint density at radius 1 is 1.23 bits per heavy atom. The highest BCUT2D eigenvalue weighted by atomic mass is 32.2. The molecule has 0 radical (unpaired) electrons. The fourth-order valence-electron chi connectivity index (χ4n) is 3.43. The van der Waals surface area contributed by atoms with Crippen molar-refractivity contribution in [3.05, 3.63) is 64.7 Å². The topological polar surface area (TPSA) is 88.6 Å². The van der Waals surface area contributed by atoms with Gasteiger partial charge in [0.05, 0.1) is 4.90 Å². The first-order chi connectivity index (χ1) is 14.3. The van der Waals surface area contributed by atoms with Crippen molar-refractivity contribution in [2.75, 3.05) is 22.8 Å². The second-order valence-electron chi connectivity index (χ2n) is 7.09. The minimum atomic E-state index is -3.73. The number of aromatic nitrogens is 1. The molecule has 3 aromatic rings. The number of carbonyl (C=O) groups excluding carboxylic acids is 1. The number of carbonyl (C=O) groups is 1. The summed E-state index contributed by atoms with van der Waals surface area (Å²) in [6.07, 6.45) is 2.13. The maximum absolute atomic E-state index is 12.7. The van der Waals surface area contributed by atoms with Crippen molar-refractivity contribution in [3.8, 4) is 5.75 Å². The molecule has 0 saturated heterocycles. The highest BCUT2D eigenvalue weighted by Crippen LogP contribution is 2.31. The monoisotopic (exact) mass is 443 g/mol. The van der Waals surface area contributed by atoms with Crippen molar-refractivity contribution in [1.82, 2.24) is 4.98 Å². The van der Waals surface area contributed by atoms with Gasteiger partial charge in [0, 0.05) is 23.8 Å². The van der Waals surface area contributed by atoms with Gasteiger partial charge in [-0.05, 0) is 55.7 Å². The number of sulfonamides is 1. The molecule has 156 valence electrons. The number of fused-ring (bicyclic) bond motifs is 1. The van der Waals surface area contributed by atoms with Crippen LogP contribution in [0.15, 0.2) is 52.9 Å². The SMILES string of the molecule is Cc1ccc(OCC(=O)N2CCc3cc(S(=O)(=O)Nc4nccs4)ccc32)c(C)c1. The normalized spacial score (nSPS) is 13.2. The summed E-state index contributed by atoms with van der Waals surface area (Å²) in [4.78, 5) is 18.5. The number of nitrogens with one attached hydrogen (secondary N) is 1. The number of aryl methyl sites for hydroxylation is 2. The van der Waals surface area contributed by atoms with Crippen molar-refractivity contribution in [3.63, 3.8) is 0 Å². The summed E-state index contributed by atoms with van der Waals surface area (Å²) in [5.74, 6) is 0.522. The molecule has 2 heterocycles. The molecule has 9 heteroatoms. The number of hydrogen-bond donors (Lipinski definition) is 1. The summed E-state index contributed by atoms with van der Waals surface area (Å²) in [6, 6.07) is 10.6. The van der Waals surface area contributed by atoms with Crippen LogP contribution in [-0.4, -0.2) is 32.5 Å². The molecule has 1 aromatic heterocycles. The van der Waals surface area contributed by atoms with Gasteiger partial charge in [-0.15, -0.1) is 11.3 Å². The van der Waals surface area contributed by atoms with Crippen molar-refractivity contribution in [2.45, 2.75) is 25.2 Å². The van der Waals surface area contributed by atoms with Crippen LogP contribution in [0.5, 0.6) is 5.75 Å². The average Bonchev–Trinajstić information content (AvgIpc) is 3.35. The molecule has 1 N–H and O–H groups in total. The Kier molecular flexibility index (Phi) is 5.48. The third kappa shape index (κ3) is 4.17. The molecule has 0 unspecified atom stereocenters. The summed E-state index contributed by atoms with van der Waals surface area (Å²) < 4.78 is 33.4. The van der Waals surface area contributed by atoms with Crippen LogP contribution in [0.25, 0.3) is 0 Å². The van der Waals surface area contributed by atoms with Gasteiger partial charge in [0.15, 0.2) is 11.7 Å². The van der Waals surface area contributed by atoms with E-state index in [9.17, 15) is 13.2 Å². The van der Waals surface area contributed by atoms with E-state index in [1.165, 1.54) is 23.6 Å². The van der Waals surface area contributed by atoms with E-state index in [1.54, 1.807) is 22.4 Å². The molecule has 0 fully saturated rings. The van der Waals surface area contributed by atoms with Gasteiger partial charge in [0.25, 0.3) is 15.9 Å². The molecule has 2 aromatic carbocycles. The predicted molar refractivity (Wildman–Crippen MR) is 117 cm³/mol. The number of rotatable bonds is 6. The third-order valence-electron chi connectivity index (χ3n) is 4.89. The first-order valence-corrected chi connectivity index (χ1v) is 11.8. The number of benzene rings is 2. The highest BCUT2D eigenvalue weighted by molar-refractivity contribution is 7.93. The van der Waals surface area contributed by atoms with Gasteiger partial charge < -0.3 is 9.64 Å². The molecule has 0 bridgehead atoms. The standard InChI is InChI=1S/C21H21N3O4S2/c1-14-3-6-19(15(2)11-14)28-13-20(25)24-9-7-16-12-17(4-5-18(16)24)30(26,27)23-21-22-8-10-29-21/h3-6,8,10-12H,7,9,13H2,1-2H3,(H,22,23). The summed E-state index contributed by atoms with van der Waals surface area (Å²) in [5.41, 5.74) is 3.65. The van der Waals surface area contributed by atoms with Gasteiger partial charge >= 0.3 is 0 Å². The van der Waals surface area contributed by atoms with Crippen LogP contribution in [0.4, 0.5) is 10.8 Å². The Labute approximate surface area is 179 Å². The Bertz CT molecular complexity index is 1190. The molecular weight excluding hydrogens is 422 g/mol. The largest absolute Gasteiger partial charge is 0.483 e. The number of amides is 1. The summed E-state index contributed by atoms with van der Waals surface area (Å²) in [6.45, 7) is 4.37. The Morgan fingerprint density at radius 3 is 2.80 bits per heavy atom. The van der Waals surface area contributed by atoms with Gasteiger partial charge in [-0.1, -0.05) is 17.7 Å². The average molecular weight is 444 g/mol. The van der Waals surface area contributed by atoms with Crippen LogP contribution in [0.3, 0.4) is 0 Å². The Morgan fingerprint density at radius 2 is 2.07 bits per heavy atom. The zero-order chi connectivity index (χ0) is 21.3. The zero-order valence-corrected chi connectivity index (χ0v) is 18.2. The van der Waals surface area contributed by atoms with Crippen LogP contribution in [0.1, 0.15) is 16.7 Å². The third-order valence-corrected chi connectivity index (χ3v) is 7.05. The summed E-state index contributed by atoms with van der Waals surface area (Å²) in [7, 11) is -3.73. The lowest BCUT2D eigenvalue weighted by atomic mass is 10.1. The van der Waals surface area contributed by atoms with Gasteiger partial charge in [-0.3, -0.25) is 9.52 Å². The number of thiazole rings is 1. The zero-order valence-electron chi connectivity index (χ0n) is 16.6. The van der Waals surface area contributed by atoms with Crippen molar-refractivity contribution < 1.29 is 17.9 Å². The molecule has 0 atom stereocenters. The van der Waals surface area contributed by atoms with Crippen molar-refractivity contribution in [1.29, 1.82) is 0 Å². The summed E-state index contributed by atoms with van der Waals surface area (Å²) >= 11 is 1.21. The van der Waals surface area contributed by atoms with Crippen LogP contribution < -0.4 is 14.4 Å². The molecule has 0 spiro atoms. The van der Waals surface area contributed by atoms with E-state index in [0.717, 1.165) is 22.4 Å². The Balaban J connectivity index is 1.47. The first-order valence-electron chi connectivity index (χ1n) is 9.39. The lowest BCUT2D eigenvalue weighted by molar-refractivity contribution is -0.120. The van der Waals surface area contributed by atoms with Gasteiger partial charge in [0.2, 0.25) is 0 Å². The second kappa shape index (κ2) is 8.08. The molecule has 0 saturated carbocycles. The van der Waals surface area contributed by atoms with Crippen LogP contribution >= 0.6 is 11.3 Å². The van der Waals surface area contributed by atoms with E-state index in [-0.39, 0.29) is 17.4 Å². The van der Waals surface area contributed by atoms with Gasteiger partial charge in [-0.2, -0.15) is 0 Å².